The number of nitrogens with zero attached hydrogens (tertiary/aromatic N) is 3. The SMILES string of the molecule is CCOc1ccc(N(CCC#N)C(=O)CCc2ncc(-c3ccccc3F)o2)cc1. The quantitative estimate of drug-likeness (QED) is 0.511. The summed E-state index contributed by atoms with van der Waals surface area (Å²) in [7, 11) is 0. The lowest BCUT2D eigenvalue weighted by Gasteiger charge is -2.22. The fourth-order valence-electron chi connectivity index (χ4n) is 3.01. The van der Waals surface area contributed by atoms with Crippen LogP contribution in [0.4, 0.5) is 10.1 Å². The minimum absolute atomic E-state index is 0.149. The van der Waals surface area contributed by atoms with Crippen molar-refractivity contribution in [3.05, 3.63) is 66.4 Å². The van der Waals surface area contributed by atoms with Gasteiger partial charge in [0.15, 0.2) is 11.7 Å². The van der Waals surface area contributed by atoms with Crippen molar-refractivity contribution >= 4 is 11.6 Å². The molecule has 0 unspecified atom stereocenters. The summed E-state index contributed by atoms with van der Waals surface area (Å²) in [5, 5.41) is 8.94. The summed E-state index contributed by atoms with van der Waals surface area (Å²) in [5.74, 6) is 0.848. The fraction of sp³-hybridized carbons (Fsp3) is 0.261. The number of aryl methyl sites for hydroxylation is 1. The van der Waals surface area contributed by atoms with Crippen LogP contribution in [0.1, 0.15) is 25.7 Å². The van der Waals surface area contributed by atoms with Gasteiger partial charge in [-0.2, -0.15) is 5.26 Å². The van der Waals surface area contributed by atoms with Gasteiger partial charge < -0.3 is 14.1 Å². The minimum Gasteiger partial charge on any atom is -0.494 e. The summed E-state index contributed by atoms with van der Waals surface area (Å²) in [4.78, 5) is 18.5. The second-order valence-electron chi connectivity index (χ2n) is 6.48. The maximum Gasteiger partial charge on any atom is 0.227 e. The molecule has 0 fully saturated rings. The Balaban J connectivity index is 1.67. The van der Waals surface area contributed by atoms with Crippen LogP contribution in [0.15, 0.2) is 59.1 Å². The van der Waals surface area contributed by atoms with Crippen LogP contribution in [0.2, 0.25) is 0 Å². The van der Waals surface area contributed by atoms with Gasteiger partial charge in [0, 0.05) is 25.1 Å². The first kappa shape index (κ1) is 21.1. The lowest BCUT2D eigenvalue weighted by molar-refractivity contribution is -0.118. The molecule has 0 radical (unpaired) electrons. The van der Waals surface area contributed by atoms with Crippen LogP contribution in [-0.2, 0) is 11.2 Å². The molecule has 0 spiro atoms. The number of oxazole rings is 1. The smallest absolute Gasteiger partial charge is 0.227 e. The topological polar surface area (TPSA) is 79.4 Å². The second kappa shape index (κ2) is 10.2. The Morgan fingerprint density at radius 1 is 1.23 bits per heavy atom. The van der Waals surface area contributed by atoms with E-state index in [1.807, 2.05) is 6.92 Å². The van der Waals surface area contributed by atoms with Gasteiger partial charge in [0.05, 0.1) is 30.9 Å². The predicted molar refractivity (Wildman–Crippen MR) is 110 cm³/mol. The van der Waals surface area contributed by atoms with Crippen LogP contribution in [-0.4, -0.2) is 24.0 Å². The predicted octanol–water partition coefficient (Wildman–Crippen LogP) is 4.76. The van der Waals surface area contributed by atoms with E-state index in [-0.39, 0.29) is 31.7 Å². The van der Waals surface area contributed by atoms with E-state index in [4.69, 9.17) is 14.4 Å². The van der Waals surface area contributed by atoms with Crippen LogP contribution in [0, 0.1) is 17.1 Å². The summed E-state index contributed by atoms with van der Waals surface area (Å²) in [6.45, 7) is 2.74. The van der Waals surface area contributed by atoms with E-state index in [0.717, 1.165) is 5.75 Å². The zero-order chi connectivity index (χ0) is 21.3. The Morgan fingerprint density at radius 2 is 2.00 bits per heavy atom. The summed E-state index contributed by atoms with van der Waals surface area (Å²) >= 11 is 0. The highest BCUT2D eigenvalue weighted by molar-refractivity contribution is 5.93. The molecule has 2 aromatic carbocycles. The molecule has 0 aliphatic carbocycles. The molecule has 0 saturated carbocycles. The highest BCUT2D eigenvalue weighted by Gasteiger charge is 2.17. The fourth-order valence-corrected chi connectivity index (χ4v) is 3.01. The number of halogens is 1. The number of rotatable bonds is 9. The van der Waals surface area contributed by atoms with Crippen molar-refractivity contribution in [1.82, 2.24) is 4.98 Å². The van der Waals surface area contributed by atoms with Crippen molar-refractivity contribution in [3.8, 4) is 23.1 Å². The first-order valence-electron chi connectivity index (χ1n) is 9.72. The molecular weight excluding hydrogens is 385 g/mol. The number of hydrogen-bond acceptors (Lipinski definition) is 5. The maximum absolute atomic E-state index is 13.9. The van der Waals surface area contributed by atoms with Gasteiger partial charge in [-0.1, -0.05) is 12.1 Å². The number of carbonyl (C=O) groups excluding carboxylic acids is 1. The first-order chi connectivity index (χ1) is 14.6. The number of ether oxygens (including phenoxy) is 1. The van der Waals surface area contributed by atoms with E-state index < -0.39 is 5.82 Å². The van der Waals surface area contributed by atoms with Gasteiger partial charge >= 0.3 is 0 Å². The van der Waals surface area contributed by atoms with Gasteiger partial charge in [-0.05, 0) is 43.3 Å². The van der Waals surface area contributed by atoms with Crippen molar-refractivity contribution in [3.63, 3.8) is 0 Å². The minimum atomic E-state index is -0.394. The molecule has 0 aliphatic rings. The molecule has 3 rings (SSSR count). The van der Waals surface area contributed by atoms with Gasteiger partial charge in [-0.15, -0.1) is 0 Å². The van der Waals surface area contributed by atoms with Gasteiger partial charge in [0.25, 0.3) is 0 Å². The molecule has 1 heterocycles. The average Bonchev–Trinajstić information content (AvgIpc) is 3.23. The molecule has 0 aliphatic heterocycles. The van der Waals surface area contributed by atoms with Crippen LogP contribution < -0.4 is 9.64 Å². The van der Waals surface area contributed by atoms with E-state index in [1.165, 1.54) is 12.3 Å². The number of anilines is 1. The van der Waals surface area contributed by atoms with Gasteiger partial charge in [0.1, 0.15) is 11.6 Å². The Bertz CT molecular complexity index is 1020. The molecule has 1 amide bonds. The van der Waals surface area contributed by atoms with Crippen molar-refractivity contribution in [2.45, 2.75) is 26.2 Å². The molecule has 1 aromatic heterocycles. The second-order valence-corrected chi connectivity index (χ2v) is 6.48. The largest absolute Gasteiger partial charge is 0.494 e. The molecule has 30 heavy (non-hydrogen) atoms. The van der Waals surface area contributed by atoms with Crippen LogP contribution >= 0.6 is 0 Å². The Hall–Kier alpha value is -3.66. The Morgan fingerprint density at radius 3 is 2.70 bits per heavy atom. The van der Waals surface area contributed by atoms with E-state index >= 15 is 0 Å². The van der Waals surface area contributed by atoms with Gasteiger partial charge in [-0.25, -0.2) is 9.37 Å². The molecular formula is C23H22FN3O3. The van der Waals surface area contributed by atoms with Crippen molar-refractivity contribution in [2.75, 3.05) is 18.1 Å². The molecule has 6 nitrogen and oxygen atoms in total. The Labute approximate surface area is 174 Å². The third-order valence-corrected chi connectivity index (χ3v) is 4.45. The van der Waals surface area contributed by atoms with Crippen LogP contribution in [0.5, 0.6) is 5.75 Å². The summed E-state index contributed by atoms with van der Waals surface area (Å²) in [5.41, 5.74) is 1.02. The monoisotopic (exact) mass is 407 g/mol. The number of amides is 1. The molecule has 0 atom stereocenters. The average molecular weight is 407 g/mol. The number of benzene rings is 2. The third kappa shape index (κ3) is 5.23. The number of hydrogen-bond donors (Lipinski definition) is 0. The number of carbonyl (C=O) groups is 1. The summed E-state index contributed by atoms with van der Waals surface area (Å²) < 4.78 is 25.0. The molecule has 154 valence electrons. The maximum atomic E-state index is 13.9. The summed E-state index contributed by atoms with van der Waals surface area (Å²) in [6.07, 6.45) is 2.09. The van der Waals surface area contributed by atoms with Crippen LogP contribution in [0.25, 0.3) is 11.3 Å². The highest BCUT2D eigenvalue weighted by atomic mass is 19.1. The van der Waals surface area contributed by atoms with Crippen molar-refractivity contribution < 1.29 is 18.3 Å². The normalized spacial score (nSPS) is 10.4. The Kier molecular flexibility index (Phi) is 7.17. The first-order valence-corrected chi connectivity index (χ1v) is 9.72. The highest BCUT2D eigenvalue weighted by Crippen LogP contribution is 2.24. The number of nitriles is 1. The third-order valence-electron chi connectivity index (χ3n) is 4.45. The lowest BCUT2D eigenvalue weighted by atomic mass is 10.2. The zero-order valence-corrected chi connectivity index (χ0v) is 16.7. The standard InChI is InChI=1S/C23H22FN3O3/c1-2-29-18-10-8-17(9-11-18)27(15-5-14-25)23(28)13-12-22-26-16-21(30-22)19-6-3-4-7-20(19)24/h3-4,6-11,16H,2,5,12-13,15H2,1H3. The van der Waals surface area contributed by atoms with E-state index in [2.05, 4.69) is 11.1 Å². The molecule has 0 N–H and O–H groups in total. The zero-order valence-electron chi connectivity index (χ0n) is 16.7. The molecule has 3 aromatic rings. The van der Waals surface area contributed by atoms with E-state index in [0.29, 0.717) is 29.5 Å². The van der Waals surface area contributed by atoms with Gasteiger partial charge in [-0.3, -0.25) is 4.79 Å². The van der Waals surface area contributed by atoms with Crippen molar-refractivity contribution in [2.24, 2.45) is 0 Å². The van der Waals surface area contributed by atoms with Crippen molar-refractivity contribution in [1.29, 1.82) is 5.26 Å². The van der Waals surface area contributed by atoms with E-state index in [1.54, 1.807) is 47.4 Å². The molecule has 0 bridgehead atoms. The molecule has 0 saturated heterocycles. The lowest BCUT2D eigenvalue weighted by Crippen LogP contribution is -2.32. The summed E-state index contributed by atoms with van der Waals surface area (Å²) in [6, 6.07) is 15.5. The van der Waals surface area contributed by atoms with E-state index in [9.17, 15) is 9.18 Å². The number of aromatic nitrogens is 1. The molecule has 7 heteroatoms. The van der Waals surface area contributed by atoms with Gasteiger partial charge in [0.2, 0.25) is 5.91 Å². The van der Waals surface area contributed by atoms with Crippen LogP contribution in [0.3, 0.4) is 0 Å².